The third-order valence-corrected chi connectivity index (χ3v) is 4.68. The molecule has 0 amide bonds. The Kier molecular flexibility index (Phi) is 7.45. The first-order valence-electron chi connectivity index (χ1n) is 9.84. The molecule has 1 heterocycles. The van der Waals surface area contributed by atoms with Crippen molar-refractivity contribution in [2.75, 3.05) is 19.6 Å². The van der Waals surface area contributed by atoms with Crippen LogP contribution in [0.4, 0.5) is 0 Å². The highest BCUT2D eigenvalue weighted by molar-refractivity contribution is 5.79. The number of hydrogen-bond donors (Lipinski definition) is 2. The van der Waals surface area contributed by atoms with Gasteiger partial charge in [0.25, 0.3) is 0 Å². The lowest BCUT2D eigenvalue weighted by molar-refractivity contribution is 0.392. The lowest BCUT2D eigenvalue weighted by atomic mass is 9.86. The van der Waals surface area contributed by atoms with Gasteiger partial charge in [-0.25, -0.2) is 0 Å². The zero-order valence-corrected chi connectivity index (χ0v) is 17.6. The molecule has 148 valence electrons. The van der Waals surface area contributed by atoms with Crippen molar-refractivity contribution in [3.8, 4) is 0 Å². The first-order valence-corrected chi connectivity index (χ1v) is 9.84. The summed E-state index contributed by atoms with van der Waals surface area (Å²) in [5.41, 5.74) is 5.02. The summed E-state index contributed by atoms with van der Waals surface area (Å²) in [6, 6.07) is 8.92. The molecule has 0 aliphatic heterocycles. The van der Waals surface area contributed by atoms with Crippen LogP contribution in [0.15, 0.2) is 33.8 Å². The molecular weight excluding hydrogens is 336 g/mol. The molecule has 0 radical (unpaired) electrons. The SMILES string of the molecule is CCNC(=NCCc1c(C)noc1C)NCCc1ccc(C(C)(C)C)cc1. The van der Waals surface area contributed by atoms with Crippen LogP contribution in [0.5, 0.6) is 0 Å². The summed E-state index contributed by atoms with van der Waals surface area (Å²) in [5, 5.41) is 10.7. The Balaban J connectivity index is 1.85. The Morgan fingerprint density at radius 3 is 2.33 bits per heavy atom. The highest BCUT2D eigenvalue weighted by Gasteiger charge is 2.12. The van der Waals surface area contributed by atoms with Crippen molar-refractivity contribution in [2.24, 2.45) is 4.99 Å². The Labute approximate surface area is 163 Å². The predicted octanol–water partition coefficient (Wildman–Crippen LogP) is 3.93. The monoisotopic (exact) mass is 370 g/mol. The third kappa shape index (κ3) is 6.42. The van der Waals surface area contributed by atoms with Crippen LogP contribution < -0.4 is 10.6 Å². The van der Waals surface area contributed by atoms with Crippen LogP contribution in [0.1, 0.15) is 55.8 Å². The smallest absolute Gasteiger partial charge is 0.191 e. The van der Waals surface area contributed by atoms with Crippen molar-refractivity contribution in [2.45, 2.75) is 59.8 Å². The quantitative estimate of drug-likeness (QED) is 0.573. The molecule has 0 bridgehead atoms. The number of rotatable bonds is 7. The molecular formula is C22H34N4O. The van der Waals surface area contributed by atoms with Gasteiger partial charge in [0.2, 0.25) is 0 Å². The first kappa shape index (κ1) is 21.0. The third-order valence-electron chi connectivity index (χ3n) is 4.68. The van der Waals surface area contributed by atoms with Crippen molar-refractivity contribution in [3.05, 3.63) is 52.4 Å². The molecule has 5 nitrogen and oxygen atoms in total. The molecule has 0 saturated heterocycles. The fraction of sp³-hybridized carbons (Fsp3) is 0.545. The second-order valence-corrected chi connectivity index (χ2v) is 7.94. The molecule has 0 aliphatic rings. The van der Waals surface area contributed by atoms with E-state index in [2.05, 4.69) is 72.7 Å². The summed E-state index contributed by atoms with van der Waals surface area (Å²) in [6.45, 7) is 15.1. The molecule has 2 N–H and O–H groups in total. The molecule has 27 heavy (non-hydrogen) atoms. The number of nitrogens with one attached hydrogen (secondary N) is 2. The maximum atomic E-state index is 5.21. The largest absolute Gasteiger partial charge is 0.361 e. The van der Waals surface area contributed by atoms with Gasteiger partial charge in [-0.2, -0.15) is 0 Å². The molecule has 0 atom stereocenters. The van der Waals surface area contributed by atoms with Crippen molar-refractivity contribution >= 4 is 5.96 Å². The number of benzene rings is 1. The van der Waals surface area contributed by atoms with Gasteiger partial charge in [0.1, 0.15) is 5.76 Å². The van der Waals surface area contributed by atoms with Crippen LogP contribution in [0.2, 0.25) is 0 Å². The number of aryl methyl sites for hydroxylation is 2. The van der Waals surface area contributed by atoms with Gasteiger partial charge in [0, 0.05) is 25.2 Å². The second kappa shape index (κ2) is 9.58. The van der Waals surface area contributed by atoms with Gasteiger partial charge in [-0.1, -0.05) is 50.2 Å². The number of guanidine groups is 1. The molecule has 2 aromatic rings. The highest BCUT2D eigenvalue weighted by atomic mass is 16.5. The molecule has 0 aliphatic carbocycles. The maximum absolute atomic E-state index is 5.21. The van der Waals surface area contributed by atoms with Crippen molar-refractivity contribution in [1.29, 1.82) is 0 Å². The van der Waals surface area contributed by atoms with Gasteiger partial charge in [0.15, 0.2) is 5.96 Å². The minimum atomic E-state index is 0.197. The lowest BCUT2D eigenvalue weighted by Crippen LogP contribution is -2.38. The van der Waals surface area contributed by atoms with Crippen LogP contribution in [-0.2, 0) is 18.3 Å². The van der Waals surface area contributed by atoms with Crippen LogP contribution in [0.3, 0.4) is 0 Å². The summed E-state index contributed by atoms with van der Waals surface area (Å²) in [5.74, 6) is 1.75. The zero-order valence-electron chi connectivity index (χ0n) is 17.6. The first-order chi connectivity index (χ1) is 12.8. The van der Waals surface area contributed by atoms with Gasteiger partial charge in [-0.3, -0.25) is 4.99 Å². The molecule has 1 aromatic carbocycles. The van der Waals surface area contributed by atoms with Crippen molar-refractivity contribution in [3.63, 3.8) is 0 Å². The average Bonchev–Trinajstić information content (AvgIpc) is 2.93. The lowest BCUT2D eigenvalue weighted by Gasteiger charge is -2.19. The Bertz CT molecular complexity index is 719. The molecule has 1 aromatic heterocycles. The van der Waals surface area contributed by atoms with E-state index in [1.807, 2.05) is 13.8 Å². The fourth-order valence-corrected chi connectivity index (χ4v) is 2.98. The van der Waals surface area contributed by atoms with Crippen molar-refractivity contribution < 1.29 is 4.52 Å². The fourth-order valence-electron chi connectivity index (χ4n) is 2.98. The summed E-state index contributed by atoms with van der Waals surface area (Å²) < 4.78 is 5.21. The topological polar surface area (TPSA) is 62.5 Å². The van der Waals surface area contributed by atoms with E-state index in [1.54, 1.807) is 0 Å². The van der Waals surface area contributed by atoms with Crippen LogP contribution in [-0.4, -0.2) is 30.8 Å². The molecule has 2 rings (SSSR count). The van der Waals surface area contributed by atoms with Gasteiger partial charge in [-0.05, 0) is 50.2 Å². The van der Waals surface area contributed by atoms with E-state index in [1.165, 1.54) is 11.1 Å². The van der Waals surface area contributed by atoms with E-state index in [0.717, 1.165) is 48.9 Å². The van der Waals surface area contributed by atoms with E-state index in [-0.39, 0.29) is 5.41 Å². The number of aliphatic imine (C=N–C) groups is 1. The highest BCUT2D eigenvalue weighted by Crippen LogP contribution is 2.22. The molecule has 0 spiro atoms. The van der Waals surface area contributed by atoms with E-state index < -0.39 is 0 Å². The molecule has 0 fully saturated rings. The predicted molar refractivity (Wildman–Crippen MR) is 113 cm³/mol. The normalized spacial score (nSPS) is 12.3. The Morgan fingerprint density at radius 1 is 1.07 bits per heavy atom. The van der Waals surface area contributed by atoms with Crippen LogP contribution in [0, 0.1) is 13.8 Å². The Morgan fingerprint density at radius 2 is 1.78 bits per heavy atom. The van der Waals surface area contributed by atoms with Gasteiger partial charge < -0.3 is 15.2 Å². The maximum Gasteiger partial charge on any atom is 0.191 e. The summed E-state index contributed by atoms with van der Waals surface area (Å²) in [4.78, 5) is 4.67. The number of hydrogen-bond acceptors (Lipinski definition) is 3. The van der Waals surface area contributed by atoms with Gasteiger partial charge in [-0.15, -0.1) is 0 Å². The molecule has 0 unspecified atom stereocenters. The average molecular weight is 371 g/mol. The van der Waals surface area contributed by atoms with E-state index >= 15 is 0 Å². The molecule has 5 heteroatoms. The number of nitrogens with zero attached hydrogens (tertiary/aromatic N) is 2. The van der Waals surface area contributed by atoms with Crippen LogP contribution >= 0.6 is 0 Å². The Hall–Kier alpha value is -2.30. The summed E-state index contributed by atoms with van der Waals surface area (Å²) in [6.07, 6.45) is 1.81. The minimum Gasteiger partial charge on any atom is -0.361 e. The van der Waals surface area contributed by atoms with E-state index in [4.69, 9.17) is 4.52 Å². The second-order valence-electron chi connectivity index (χ2n) is 7.94. The summed E-state index contributed by atoms with van der Waals surface area (Å²) >= 11 is 0. The van der Waals surface area contributed by atoms with Gasteiger partial charge in [0.05, 0.1) is 5.69 Å². The minimum absolute atomic E-state index is 0.197. The van der Waals surface area contributed by atoms with Crippen LogP contribution in [0.25, 0.3) is 0 Å². The van der Waals surface area contributed by atoms with E-state index in [0.29, 0.717) is 6.54 Å². The zero-order chi connectivity index (χ0) is 19.9. The van der Waals surface area contributed by atoms with E-state index in [9.17, 15) is 0 Å². The standard InChI is InChI=1S/C22H34N4O/c1-7-23-21(25-15-13-20-16(2)26-27-17(20)3)24-14-12-18-8-10-19(11-9-18)22(4,5)6/h8-11H,7,12-15H2,1-6H3,(H2,23,24,25). The molecule has 0 saturated carbocycles. The number of aromatic nitrogens is 1. The summed E-state index contributed by atoms with van der Waals surface area (Å²) in [7, 11) is 0. The van der Waals surface area contributed by atoms with Gasteiger partial charge >= 0.3 is 0 Å². The van der Waals surface area contributed by atoms with Crippen molar-refractivity contribution in [1.82, 2.24) is 15.8 Å².